The van der Waals surface area contributed by atoms with Gasteiger partial charge in [-0.2, -0.15) is 0 Å². The minimum absolute atomic E-state index is 0.329. The molecule has 1 aliphatic rings. The minimum atomic E-state index is 0.329. The molecule has 2 heterocycles. The number of likely N-dealkylation sites (N-methyl/N-ethyl adjacent to an activating group) is 2. The third-order valence-electron chi connectivity index (χ3n) is 4.59. The van der Waals surface area contributed by atoms with Crippen LogP contribution in [0.2, 0.25) is 0 Å². The molecule has 110 valence electrons. The van der Waals surface area contributed by atoms with Gasteiger partial charge >= 0.3 is 0 Å². The van der Waals surface area contributed by atoms with Gasteiger partial charge in [0.15, 0.2) is 10.8 Å². The van der Waals surface area contributed by atoms with E-state index >= 15 is 0 Å². The largest absolute Gasteiger partial charge is 0.356 e. The predicted molar refractivity (Wildman–Crippen MR) is 89.2 cm³/mol. The molecule has 0 amide bonds. The van der Waals surface area contributed by atoms with Crippen LogP contribution in [0.3, 0.4) is 0 Å². The van der Waals surface area contributed by atoms with Crippen molar-refractivity contribution in [2.45, 2.75) is 30.1 Å². The Morgan fingerprint density at radius 1 is 1.40 bits per heavy atom. The van der Waals surface area contributed by atoms with Crippen molar-refractivity contribution in [2.24, 2.45) is 0 Å². The van der Waals surface area contributed by atoms with Crippen LogP contribution in [0.5, 0.6) is 0 Å². The number of anilines is 1. The van der Waals surface area contributed by atoms with Gasteiger partial charge < -0.3 is 9.80 Å². The maximum atomic E-state index is 4.80. The number of halogens is 1. The molecule has 0 spiro atoms. The van der Waals surface area contributed by atoms with Crippen LogP contribution in [0.15, 0.2) is 11.6 Å². The van der Waals surface area contributed by atoms with Crippen LogP contribution in [0, 0.1) is 0 Å². The molecule has 0 atom stereocenters. The number of nitrogens with zero attached hydrogens (tertiary/aromatic N) is 4. The number of aromatic nitrogens is 2. The van der Waals surface area contributed by atoms with Gasteiger partial charge in [0, 0.05) is 36.0 Å². The first-order chi connectivity index (χ1) is 9.57. The lowest BCUT2D eigenvalue weighted by molar-refractivity contribution is 0.0682. The van der Waals surface area contributed by atoms with Crippen molar-refractivity contribution >= 4 is 38.0 Å². The van der Waals surface area contributed by atoms with Gasteiger partial charge in [-0.05, 0) is 33.4 Å². The zero-order valence-electron chi connectivity index (χ0n) is 12.3. The lowest BCUT2D eigenvalue weighted by Gasteiger charge is -2.49. The molecule has 0 unspecified atom stereocenters. The van der Waals surface area contributed by atoms with Crippen LogP contribution >= 0.6 is 27.3 Å². The highest BCUT2D eigenvalue weighted by Gasteiger charge is 2.40. The van der Waals surface area contributed by atoms with Crippen LogP contribution in [0.1, 0.15) is 25.0 Å². The van der Waals surface area contributed by atoms with E-state index < -0.39 is 0 Å². The first-order valence-electron chi connectivity index (χ1n) is 6.96. The molecule has 0 aliphatic heterocycles. The number of rotatable bonds is 5. The summed E-state index contributed by atoms with van der Waals surface area (Å²) in [5, 5.41) is 2.92. The Kier molecular flexibility index (Phi) is 3.81. The summed E-state index contributed by atoms with van der Waals surface area (Å²) in [7, 11) is 6.57. The van der Waals surface area contributed by atoms with E-state index in [2.05, 4.69) is 62.9 Å². The zero-order chi connectivity index (χ0) is 14.3. The number of fused-ring (bicyclic) bond motifs is 1. The Balaban J connectivity index is 1.88. The average molecular weight is 357 g/mol. The quantitative estimate of drug-likeness (QED) is 0.768. The van der Waals surface area contributed by atoms with E-state index in [1.54, 1.807) is 11.3 Å². The number of hydrogen-bond acceptors (Lipinski definition) is 4. The summed E-state index contributed by atoms with van der Waals surface area (Å²) in [6, 6.07) is 0. The van der Waals surface area contributed by atoms with Crippen molar-refractivity contribution < 1.29 is 0 Å². The monoisotopic (exact) mass is 356 g/mol. The molecular weight excluding hydrogens is 336 g/mol. The van der Waals surface area contributed by atoms with E-state index in [1.807, 2.05) is 0 Å². The Morgan fingerprint density at radius 2 is 2.15 bits per heavy atom. The lowest BCUT2D eigenvalue weighted by atomic mass is 9.75. The SMILES string of the molecule is CN(CC1(N(C)C)CCC1)c1nc2sccn2c1CBr. The predicted octanol–water partition coefficient (Wildman–Crippen LogP) is 3.21. The standard InChI is InChI=1S/C14H21BrN4S/c1-17(2)14(5-4-6-14)10-18(3)12-11(9-15)19-7-8-20-13(19)16-12/h7-8H,4-6,9-10H2,1-3H3. The second-order valence-electron chi connectivity index (χ2n) is 5.90. The maximum absolute atomic E-state index is 4.80. The molecule has 0 saturated heterocycles. The summed E-state index contributed by atoms with van der Waals surface area (Å²) in [5.41, 5.74) is 1.58. The van der Waals surface area contributed by atoms with Crippen LogP contribution in [0.25, 0.3) is 4.96 Å². The summed E-state index contributed by atoms with van der Waals surface area (Å²) in [6.45, 7) is 1.05. The van der Waals surface area contributed by atoms with E-state index in [9.17, 15) is 0 Å². The first-order valence-corrected chi connectivity index (χ1v) is 8.96. The number of thiazole rings is 1. The average Bonchev–Trinajstić information content (AvgIpc) is 2.92. The molecule has 1 aliphatic carbocycles. The highest BCUT2D eigenvalue weighted by atomic mass is 79.9. The molecular formula is C14H21BrN4S. The van der Waals surface area contributed by atoms with Crippen LogP contribution in [-0.4, -0.2) is 47.5 Å². The molecule has 2 aromatic rings. The van der Waals surface area contributed by atoms with E-state index in [4.69, 9.17) is 4.98 Å². The third kappa shape index (κ3) is 2.18. The van der Waals surface area contributed by atoms with Crippen LogP contribution in [0.4, 0.5) is 5.82 Å². The highest BCUT2D eigenvalue weighted by Crippen LogP contribution is 2.38. The molecule has 0 radical (unpaired) electrons. The van der Waals surface area contributed by atoms with Crippen molar-refractivity contribution in [2.75, 3.05) is 32.6 Å². The molecule has 6 heteroatoms. The Labute approximate surface area is 132 Å². The summed E-state index contributed by atoms with van der Waals surface area (Å²) in [4.78, 5) is 10.6. The summed E-state index contributed by atoms with van der Waals surface area (Å²) in [6.07, 6.45) is 6.02. The fraction of sp³-hybridized carbons (Fsp3) is 0.643. The van der Waals surface area contributed by atoms with E-state index in [0.717, 1.165) is 22.7 Å². The van der Waals surface area contributed by atoms with E-state index in [-0.39, 0.29) is 0 Å². The highest BCUT2D eigenvalue weighted by molar-refractivity contribution is 9.08. The molecule has 20 heavy (non-hydrogen) atoms. The Hall–Kier alpha value is -0.590. The molecule has 3 rings (SSSR count). The van der Waals surface area contributed by atoms with Gasteiger partial charge in [0.05, 0.1) is 5.69 Å². The molecule has 0 bridgehead atoms. The first kappa shape index (κ1) is 14.4. The molecule has 4 nitrogen and oxygen atoms in total. The summed E-state index contributed by atoms with van der Waals surface area (Å²) >= 11 is 5.30. The maximum Gasteiger partial charge on any atom is 0.195 e. The second kappa shape index (κ2) is 5.31. The van der Waals surface area contributed by atoms with Gasteiger partial charge in [0.2, 0.25) is 0 Å². The number of alkyl halides is 1. The molecule has 0 aromatic carbocycles. The summed E-state index contributed by atoms with van der Waals surface area (Å²) in [5.74, 6) is 1.11. The minimum Gasteiger partial charge on any atom is -0.356 e. The van der Waals surface area contributed by atoms with E-state index in [1.165, 1.54) is 25.0 Å². The molecule has 1 saturated carbocycles. The smallest absolute Gasteiger partial charge is 0.195 e. The summed E-state index contributed by atoms with van der Waals surface area (Å²) < 4.78 is 2.19. The Bertz CT molecular complexity index is 599. The van der Waals surface area contributed by atoms with Crippen molar-refractivity contribution in [3.63, 3.8) is 0 Å². The topological polar surface area (TPSA) is 23.8 Å². The van der Waals surface area contributed by atoms with Crippen molar-refractivity contribution in [1.29, 1.82) is 0 Å². The van der Waals surface area contributed by atoms with Gasteiger partial charge in [0.1, 0.15) is 0 Å². The van der Waals surface area contributed by atoms with Gasteiger partial charge in [-0.15, -0.1) is 11.3 Å². The zero-order valence-corrected chi connectivity index (χ0v) is 14.7. The fourth-order valence-corrected chi connectivity index (χ4v) is 4.35. The lowest BCUT2D eigenvalue weighted by Crippen LogP contribution is -2.56. The van der Waals surface area contributed by atoms with Crippen molar-refractivity contribution in [3.05, 3.63) is 17.3 Å². The fourth-order valence-electron chi connectivity index (χ4n) is 3.10. The van der Waals surface area contributed by atoms with Gasteiger partial charge in [-0.3, -0.25) is 4.40 Å². The van der Waals surface area contributed by atoms with Crippen LogP contribution in [-0.2, 0) is 5.33 Å². The molecule has 1 fully saturated rings. The van der Waals surface area contributed by atoms with Gasteiger partial charge in [-0.1, -0.05) is 15.9 Å². The second-order valence-corrected chi connectivity index (χ2v) is 7.33. The molecule has 2 aromatic heterocycles. The number of hydrogen-bond donors (Lipinski definition) is 0. The normalized spacial score (nSPS) is 17.6. The van der Waals surface area contributed by atoms with Crippen molar-refractivity contribution in [3.8, 4) is 0 Å². The third-order valence-corrected chi connectivity index (χ3v) is 5.88. The molecule has 0 N–H and O–H groups in total. The van der Waals surface area contributed by atoms with Crippen molar-refractivity contribution in [1.82, 2.24) is 14.3 Å². The van der Waals surface area contributed by atoms with Gasteiger partial charge in [0.25, 0.3) is 0 Å². The van der Waals surface area contributed by atoms with E-state index in [0.29, 0.717) is 5.54 Å². The van der Waals surface area contributed by atoms with Crippen LogP contribution < -0.4 is 4.90 Å². The number of imidazole rings is 1. The Morgan fingerprint density at radius 3 is 2.70 bits per heavy atom. The van der Waals surface area contributed by atoms with Gasteiger partial charge in [-0.25, -0.2) is 4.98 Å².